The van der Waals surface area contributed by atoms with Crippen LogP contribution < -0.4 is 4.74 Å². The molecule has 2 aromatic carbocycles. The first-order valence-electron chi connectivity index (χ1n) is 8.48. The molecule has 0 unspecified atom stereocenters. The highest BCUT2D eigenvalue weighted by Crippen LogP contribution is 2.23. The lowest BCUT2D eigenvalue weighted by atomic mass is 10.1. The molecule has 148 valence electrons. The van der Waals surface area contributed by atoms with Crippen LogP contribution in [0.5, 0.6) is 5.75 Å². The Bertz CT molecular complexity index is 858. The minimum absolute atomic E-state index is 0.0173. The summed E-state index contributed by atoms with van der Waals surface area (Å²) in [7, 11) is 0. The van der Waals surface area contributed by atoms with E-state index >= 15 is 0 Å². The fourth-order valence-corrected chi connectivity index (χ4v) is 2.79. The number of ether oxygens (including phenoxy) is 3. The molecule has 0 saturated carbocycles. The number of halogens is 2. The van der Waals surface area contributed by atoms with Crippen molar-refractivity contribution in [3.63, 3.8) is 0 Å². The van der Waals surface area contributed by atoms with Crippen LogP contribution in [0.3, 0.4) is 0 Å². The molecule has 0 aromatic heterocycles. The zero-order valence-corrected chi connectivity index (χ0v) is 16.8. The van der Waals surface area contributed by atoms with E-state index in [1.165, 1.54) is 24.3 Å². The summed E-state index contributed by atoms with van der Waals surface area (Å²) in [5.41, 5.74) is 0.669. The summed E-state index contributed by atoms with van der Waals surface area (Å²) in [6, 6.07) is 8.71. The Morgan fingerprint density at radius 3 is 1.93 bits per heavy atom. The van der Waals surface area contributed by atoms with Gasteiger partial charge in [-0.3, -0.25) is 4.79 Å². The summed E-state index contributed by atoms with van der Waals surface area (Å²) in [4.78, 5) is 36.4. The lowest BCUT2D eigenvalue weighted by molar-refractivity contribution is -0.133. The standard InChI is InChI=1S/C20H18Cl2O6/c1-3-26-19(24)13-7-14(20(25)27-4-2)9-16(8-13)28-18(23)10-12-5-6-15(21)11-17(12)22/h5-9,11H,3-4,10H2,1-2H3. The molecule has 2 aromatic rings. The van der Waals surface area contributed by atoms with Crippen molar-refractivity contribution in [2.24, 2.45) is 0 Å². The number of carbonyl (C=O) groups is 3. The average molecular weight is 425 g/mol. The van der Waals surface area contributed by atoms with Crippen LogP contribution in [0.25, 0.3) is 0 Å². The van der Waals surface area contributed by atoms with E-state index in [4.69, 9.17) is 37.4 Å². The predicted molar refractivity (Wildman–Crippen MR) is 104 cm³/mol. The van der Waals surface area contributed by atoms with E-state index in [0.717, 1.165) is 0 Å². The van der Waals surface area contributed by atoms with Crippen LogP contribution in [0, 0.1) is 0 Å². The first-order valence-corrected chi connectivity index (χ1v) is 9.23. The van der Waals surface area contributed by atoms with Crippen molar-refractivity contribution in [1.82, 2.24) is 0 Å². The van der Waals surface area contributed by atoms with Crippen molar-refractivity contribution in [2.75, 3.05) is 13.2 Å². The van der Waals surface area contributed by atoms with Gasteiger partial charge in [0, 0.05) is 10.0 Å². The van der Waals surface area contributed by atoms with Gasteiger partial charge in [-0.2, -0.15) is 0 Å². The summed E-state index contributed by atoms with van der Waals surface area (Å²) < 4.78 is 15.2. The molecule has 0 bridgehead atoms. The van der Waals surface area contributed by atoms with Gasteiger partial charge in [-0.15, -0.1) is 0 Å². The Morgan fingerprint density at radius 1 is 0.857 bits per heavy atom. The second-order valence-corrected chi connectivity index (χ2v) is 6.42. The summed E-state index contributed by atoms with van der Waals surface area (Å²) >= 11 is 11.9. The van der Waals surface area contributed by atoms with Gasteiger partial charge in [0.25, 0.3) is 0 Å². The molecule has 0 amide bonds. The zero-order chi connectivity index (χ0) is 20.7. The van der Waals surface area contributed by atoms with Gasteiger partial charge in [0.1, 0.15) is 5.75 Å². The van der Waals surface area contributed by atoms with Crippen LogP contribution >= 0.6 is 23.2 Å². The topological polar surface area (TPSA) is 78.9 Å². The van der Waals surface area contributed by atoms with Crippen molar-refractivity contribution in [1.29, 1.82) is 0 Å². The third kappa shape index (κ3) is 5.97. The Balaban J connectivity index is 2.25. The fourth-order valence-electron chi connectivity index (χ4n) is 2.31. The van der Waals surface area contributed by atoms with Crippen LogP contribution in [-0.2, 0) is 20.7 Å². The third-order valence-corrected chi connectivity index (χ3v) is 4.10. The summed E-state index contributed by atoms with van der Waals surface area (Å²) in [6.07, 6.45) is -0.117. The molecular formula is C20H18Cl2O6. The SMILES string of the molecule is CCOC(=O)c1cc(OC(=O)Cc2ccc(Cl)cc2Cl)cc(C(=O)OCC)c1. The molecule has 0 aliphatic rings. The first kappa shape index (κ1) is 21.7. The van der Waals surface area contributed by atoms with Gasteiger partial charge >= 0.3 is 17.9 Å². The number of rotatable bonds is 7. The van der Waals surface area contributed by atoms with E-state index in [2.05, 4.69) is 0 Å². The maximum Gasteiger partial charge on any atom is 0.338 e. The Labute approximate surface area is 172 Å². The quantitative estimate of drug-likeness (QED) is 0.480. The van der Waals surface area contributed by atoms with Gasteiger partial charge in [0.15, 0.2) is 0 Å². The highest BCUT2D eigenvalue weighted by Gasteiger charge is 2.17. The third-order valence-electron chi connectivity index (χ3n) is 3.51. The molecule has 6 nitrogen and oxygen atoms in total. The van der Waals surface area contributed by atoms with Gasteiger partial charge in [-0.1, -0.05) is 29.3 Å². The minimum Gasteiger partial charge on any atom is -0.462 e. The van der Waals surface area contributed by atoms with E-state index in [0.29, 0.717) is 15.6 Å². The van der Waals surface area contributed by atoms with Crippen molar-refractivity contribution in [3.8, 4) is 5.75 Å². The lowest BCUT2D eigenvalue weighted by Crippen LogP contribution is -2.14. The predicted octanol–water partition coefficient (Wildman–Crippen LogP) is 4.49. The smallest absolute Gasteiger partial charge is 0.338 e. The van der Waals surface area contributed by atoms with Gasteiger partial charge in [-0.25, -0.2) is 9.59 Å². The van der Waals surface area contributed by atoms with Crippen LogP contribution in [-0.4, -0.2) is 31.1 Å². The number of hydrogen-bond acceptors (Lipinski definition) is 6. The number of hydrogen-bond donors (Lipinski definition) is 0. The molecule has 0 radical (unpaired) electrons. The van der Waals surface area contributed by atoms with Crippen LogP contribution in [0.15, 0.2) is 36.4 Å². The summed E-state index contributed by atoms with van der Waals surface area (Å²) in [5.74, 6) is -1.90. The molecule has 0 saturated heterocycles. The molecule has 2 rings (SSSR count). The van der Waals surface area contributed by atoms with E-state index in [1.54, 1.807) is 26.0 Å². The van der Waals surface area contributed by atoms with Crippen LogP contribution in [0.1, 0.15) is 40.1 Å². The number of benzene rings is 2. The molecule has 8 heteroatoms. The van der Waals surface area contributed by atoms with Crippen molar-refractivity contribution < 1.29 is 28.6 Å². The maximum atomic E-state index is 12.3. The molecule has 0 fully saturated rings. The molecular weight excluding hydrogens is 407 g/mol. The largest absolute Gasteiger partial charge is 0.462 e. The van der Waals surface area contributed by atoms with E-state index < -0.39 is 17.9 Å². The van der Waals surface area contributed by atoms with Crippen molar-refractivity contribution in [2.45, 2.75) is 20.3 Å². The second-order valence-electron chi connectivity index (χ2n) is 5.57. The van der Waals surface area contributed by atoms with Gasteiger partial charge in [0.2, 0.25) is 0 Å². The van der Waals surface area contributed by atoms with E-state index in [9.17, 15) is 14.4 Å². The summed E-state index contributed by atoms with van der Waals surface area (Å²) in [6.45, 7) is 3.63. The van der Waals surface area contributed by atoms with E-state index in [-0.39, 0.29) is 36.5 Å². The number of carbonyl (C=O) groups excluding carboxylic acids is 3. The average Bonchev–Trinajstić information content (AvgIpc) is 2.64. The molecule has 28 heavy (non-hydrogen) atoms. The van der Waals surface area contributed by atoms with E-state index in [1.807, 2.05) is 0 Å². The first-order chi connectivity index (χ1) is 13.3. The highest BCUT2D eigenvalue weighted by molar-refractivity contribution is 6.35. The molecule has 0 spiro atoms. The minimum atomic E-state index is -0.647. The fraction of sp³-hybridized carbons (Fsp3) is 0.250. The Kier molecular flexibility index (Phi) is 7.84. The lowest BCUT2D eigenvalue weighted by Gasteiger charge is -2.10. The van der Waals surface area contributed by atoms with Gasteiger partial charge in [0.05, 0.1) is 30.8 Å². The Hall–Kier alpha value is -2.57. The Morgan fingerprint density at radius 2 is 1.43 bits per heavy atom. The molecule has 0 aliphatic heterocycles. The molecule has 0 atom stereocenters. The molecule has 0 N–H and O–H groups in total. The summed E-state index contributed by atoms with van der Waals surface area (Å²) in [5, 5.41) is 0.778. The van der Waals surface area contributed by atoms with Crippen LogP contribution in [0.4, 0.5) is 0 Å². The highest BCUT2D eigenvalue weighted by atomic mass is 35.5. The monoisotopic (exact) mass is 424 g/mol. The normalized spacial score (nSPS) is 10.3. The molecule has 0 aliphatic carbocycles. The maximum absolute atomic E-state index is 12.3. The van der Waals surface area contributed by atoms with Crippen molar-refractivity contribution in [3.05, 3.63) is 63.1 Å². The van der Waals surface area contributed by atoms with Gasteiger partial charge < -0.3 is 14.2 Å². The van der Waals surface area contributed by atoms with Crippen molar-refractivity contribution >= 4 is 41.1 Å². The molecule has 0 heterocycles. The zero-order valence-electron chi connectivity index (χ0n) is 15.3. The van der Waals surface area contributed by atoms with Gasteiger partial charge in [-0.05, 0) is 49.7 Å². The number of esters is 3. The van der Waals surface area contributed by atoms with Crippen LogP contribution in [0.2, 0.25) is 10.0 Å². The second kappa shape index (κ2) is 10.1.